The highest BCUT2D eigenvalue weighted by Crippen LogP contribution is 2.10. The molecule has 0 spiro atoms. The maximum Gasteiger partial charge on any atom is 0.384 e. The highest BCUT2D eigenvalue weighted by molar-refractivity contribution is 5.89. The number of ether oxygens (including phenoxy) is 1. The average Bonchev–Trinajstić information content (AvgIpc) is 2.28. The minimum Gasteiger partial charge on any atom is -0.481 e. The van der Waals surface area contributed by atoms with E-state index in [1.807, 2.05) is 0 Å². The van der Waals surface area contributed by atoms with Gasteiger partial charge in [-0.05, 0) is 17.7 Å². The standard InChI is InChI=1S/C12H9FO4/c1-17-12(16)5-3-8-2-4-9(7-11(14)15)10(13)6-8/h2,4,6H,7H2,1H3,(H,14,15). The van der Waals surface area contributed by atoms with Crippen molar-refractivity contribution >= 4 is 11.9 Å². The zero-order valence-electron chi connectivity index (χ0n) is 8.99. The van der Waals surface area contributed by atoms with Gasteiger partial charge in [-0.15, -0.1) is 0 Å². The summed E-state index contributed by atoms with van der Waals surface area (Å²) in [5.74, 6) is 2.05. The molecule has 88 valence electrons. The van der Waals surface area contributed by atoms with Gasteiger partial charge in [-0.2, -0.15) is 0 Å². The molecule has 0 aliphatic rings. The quantitative estimate of drug-likeness (QED) is 0.614. The number of hydrogen-bond acceptors (Lipinski definition) is 3. The molecule has 0 heterocycles. The van der Waals surface area contributed by atoms with Crippen LogP contribution in [0.5, 0.6) is 0 Å². The Labute approximate surface area is 97.0 Å². The molecule has 1 aromatic carbocycles. The van der Waals surface area contributed by atoms with Crippen molar-refractivity contribution in [1.29, 1.82) is 0 Å². The van der Waals surface area contributed by atoms with Crippen LogP contribution in [-0.2, 0) is 20.7 Å². The van der Waals surface area contributed by atoms with E-state index in [1.54, 1.807) is 0 Å². The molecule has 17 heavy (non-hydrogen) atoms. The molecule has 0 fully saturated rings. The number of carbonyl (C=O) groups is 2. The SMILES string of the molecule is COC(=O)C#Cc1ccc(CC(=O)O)c(F)c1. The molecule has 0 aromatic heterocycles. The van der Waals surface area contributed by atoms with Gasteiger partial charge in [0.15, 0.2) is 0 Å². The lowest BCUT2D eigenvalue weighted by atomic mass is 10.1. The molecule has 0 unspecified atom stereocenters. The first-order chi connectivity index (χ1) is 8.02. The number of carbonyl (C=O) groups excluding carboxylic acids is 1. The fourth-order valence-corrected chi connectivity index (χ4v) is 1.11. The van der Waals surface area contributed by atoms with Crippen molar-refractivity contribution in [2.45, 2.75) is 6.42 Å². The van der Waals surface area contributed by atoms with Crippen LogP contribution in [-0.4, -0.2) is 24.2 Å². The summed E-state index contributed by atoms with van der Waals surface area (Å²) < 4.78 is 17.7. The van der Waals surface area contributed by atoms with E-state index in [2.05, 4.69) is 16.6 Å². The first kappa shape index (κ1) is 12.7. The summed E-state index contributed by atoms with van der Waals surface area (Å²) in [5, 5.41) is 8.51. The van der Waals surface area contributed by atoms with Crippen LogP contribution in [0.3, 0.4) is 0 Å². The van der Waals surface area contributed by atoms with Gasteiger partial charge >= 0.3 is 11.9 Å². The number of aliphatic carboxylic acids is 1. The Morgan fingerprint density at radius 1 is 1.47 bits per heavy atom. The molecule has 1 rings (SSSR count). The Balaban J connectivity index is 2.91. The first-order valence-corrected chi connectivity index (χ1v) is 4.63. The highest BCUT2D eigenvalue weighted by Gasteiger charge is 2.06. The van der Waals surface area contributed by atoms with Crippen LogP contribution in [0.2, 0.25) is 0 Å². The average molecular weight is 236 g/mol. The summed E-state index contributed by atoms with van der Waals surface area (Å²) in [7, 11) is 1.19. The molecule has 0 amide bonds. The number of hydrogen-bond donors (Lipinski definition) is 1. The maximum atomic E-state index is 13.4. The van der Waals surface area contributed by atoms with Crippen LogP contribution < -0.4 is 0 Å². The minimum atomic E-state index is -1.11. The second-order valence-electron chi connectivity index (χ2n) is 3.12. The lowest BCUT2D eigenvalue weighted by Crippen LogP contribution is -2.02. The monoisotopic (exact) mass is 236 g/mol. The third kappa shape index (κ3) is 3.95. The topological polar surface area (TPSA) is 63.6 Å². The molecular weight excluding hydrogens is 227 g/mol. The van der Waals surface area contributed by atoms with Gasteiger partial charge in [0.25, 0.3) is 0 Å². The molecule has 0 aliphatic carbocycles. The zero-order chi connectivity index (χ0) is 12.8. The van der Waals surface area contributed by atoms with Crippen LogP contribution in [0.15, 0.2) is 18.2 Å². The number of methoxy groups -OCH3 is 1. The van der Waals surface area contributed by atoms with Gasteiger partial charge in [0.05, 0.1) is 13.5 Å². The third-order valence-corrected chi connectivity index (χ3v) is 1.89. The molecule has 4 nitrogen and oxygen atoms in total. The minimum absolute atomic E-state index is 0.0705. The third-order valence-electron chi connectivity index (χ3n) is 1.89. The van der Waals surface area contributed by atoms with Crippen molar-refractivity contribution in [1.82, 2.24) is 0 Å². The summed E-state index contributed by atoms with van der Waals surface area (Å²) in [5.41, 5.74) is 0.350. The Morgan fingerprint density at radius 2 is 2.18 bits per heavy atom. The van der Waals surface area contributed by atoms with E-state index >= 15 is 0 Å². The molecule has 1 aromatic rings. The molecule has 0 radical (unpaired) electrons. The second-order valence-corrected chi connectivity index (χ2v) is 3.12. The predicted octanol–water partition coefficient (Wildman–Crippen LogP) is 0.977. The van der Waals surface area contributed by atoms with E-state index in [9.17, 15) is 14.0 Å². The Morgan fingerprint density at radius 3 is 2.71 bits per heavy atom. The number of carboxylic acid groups (broad SMARTS) is 1. The Hall–Kier alpha value is -2.35. The maximum absolute atomic E-state index is 13.4. The van der Waals surface area contributed by atoms with Gasteiger partial charge in [0, 0.05) is 11.5 Å². The number of halogens is 1. The van der Waals surface area contributed by atoms with Gasteiger partial charge in [0.2, 0.25) is 0 Å². The lowest BCUT2D eigenvalue weighted by Gasteiger charge is -1.99. The lowest BCUT2D eigenvalue weighted by molar-refractivity contribution is -0.136. The van der Waals surface area contributed by atoms with E-state index in [1.165, 1.54) is 19.2 Å². The Bertz CT molecular complexity index is 511. The van der Waals surface area contributed by atoms with Gasteiger partial charge < -0.3 is 9.84 Å². The van der Waals surface area contributed by atoms with E-state index in [0.29, 0.717) is 0 Å². The highest BCUT2D eigenvalue weighted by atomic mass is 19.1. The van der Waals surface area contributed by atoms with Crippen LogP contribution in [0.25, 0.3) is 0 Å². The fraction of sp³-hybridized carbons (Fsp3) is 0.167. The van der Waals surface area contributed by atoms with Crippen LogP contribution in [0, 0.1) is 17.7 Å². The number of carboxylic acids is 1. The Kier molecular flexibility index (Phi) is 4.23. The molecule has 0 saturated heterocycles. The van der Waals surface area contributed by atoms with E-state index in [0.717, 1.165) is 6.07 Å². The normalized spacial score (nSPS) is 9.06. The summed E-state index contributed by atoms with van der Waals surface area (Å²) >= 11 is 0. The van der Waals surface area contributed by atoms with Crippen molar-refractivity contribution in [3.63, 3.8) is 0 Å². The van der Waals surface area contributed by atoms with Gasteiger partial charge in [-0.3, -0.25) is 4.79 Å². The van der Waals surface area contributed by atoms with Crippen LogP contribution >= 0.6 is 0 Å². The van der Waals surface area contributed by atoms with Crippen molar-refractivity contribution < 1.29 is 23.8 Å². The summed E-state index contributed by atoms with van der Waals surface area (Å²) in [6.45, 7) is 0. The number of rotatable bonds is 2. The van der Waals surface area contributed by atoms with Gasteiger partial charge in [-0.1, -0.05) is 12.0 Å². The second kappa shape index (κ2) is 5.66. The predicted molar refractivity (Wildman–Crippen MR) is 56.6 cm³/mol. The molecule has 1 N–H and O–H groups in total. The number of benzene rings is 1. The fourth-order valence-electron chi connectivity index (χ4n) is 1.11. The van der Waals surface area contributed by atoms with E-state index in [-0.39, 0.29) is 11.1 Å². The summed E-state index contributed by atoms with van der Waals surface area (Å²) in [4.78, 5) is 21.1. The van der Waals surface area contributed by atoms with Crippen molar-refractivity contribution in [2.24, 2.45) is 0 Å². The first-order valence-electron chi connectivity index (χ1n) is 4.63. The molecule has 0 bridgehead atoms. The van der Waals surface area contributed by atoms with Gasteiger partial charge in [-0.25, -0.2) is 9.18 Å². The largest absolute Gasteiger partial charge is 0.481 e. The molecule has 5 heteroatoms. The van der Waals surface area contributed by atoms with Crippen LogP contribution in [0.4, 0.5) is 4.39 Å². The van der Waals surface area contributed by atoms with E-state index in [4.69, 9.17) is 5.11 Å². The number of esters is 1. The molecular formula is C12H9FO4. The van der Waals surface area contributed by atoms with Crippen LogP contribution in [0.1, 0.15) is 11.1 Å². The smallest absolute Gasteiger partial charge is 0.384 e. The molecule has 0 atom stereocenters. The van der Waals surface area contributed by atoms with E-state index < -0.39 is 24.2 Å². The van der Waals surface area contributed by atoms with Crippen molar-refractivity contribution in [3.05, 3.63) is 35.1 Å². The molecule has 0 saturated carbocycles. The van der Waals surface area contributed by atoms with Gasteiger partial charge in [0.1, 0.15) is 5.82 Å². The molecule has 0 aliphatic heterocycles. The van der Waals surface area contributed by atoms with Crippen molar-refractivity contribution in [3.8, 4) is 11.8 Å². The zero-order valence-corrected chi connectivity index (χ0v) is 8.99. The summed E-state index contributed by atoms with van der Waals surface area (Å²) in [6.07, 6.45) is -0.392. The van der Waals surface area contributed by atoms with Crippen molar-refractivity contribution in [2.75, 3.05) is 7.11 Å². The summed E-state index contributed by atoms with van der Waals surface area (Å²) in [6, 6.07) is 3.84.